The molecule has 2 nitrogen and oxygen atoms in total. The van der Waals surface area contributed by atoms with E-state index in [4.69, 9.17) is 17.3 Å². The van der Waals surface area contributed by atoms with Crippen molar-refractivity contribution in [2.24, 2.45) is 0 Å². The number of halogens is 1. The normalized spacial score (nSPS) is 11.0. The lowest BCUT2D eigenvalue weighted by atomic mass is 10.3. The van der Waals surface area contributed by atoms with E-state index in [0.717, 1.165) is 36.0 Å². The third kappa shape index (κ3) is 4.64. The molecule has 0 radical (unpaired) electrons. The highest BCUT2D eigenvalue weighted by Gasteiger charge is 2.01. The van der Waals surface area contributed by atoms with Gasteiger partial charge in [-0.1, -0.05) is 25.4 Å². The summed E-state index contributed by atoms with van der Waals surface area (Å²) in [6.45, 7) is 7.69. The van der Waals surface area contributed by atoms with Crippen LogP contribution in [0.25, 0.3) is 0 Å². The van der Waals surface area contributed by atoms with Crippen molar-refractivity contribution in [2.75, 3.05) is 31.1 Å². The fraction of sp³-hybridized carbons (Fsp3) is 0.500. The van der Waals surface area contributed by atoms with E-state index in [2.05, 4.69) is 18.7 Å². The van der Waals surface area contributed by atoms with Crippen LogP contribution in [0, 0.1) is 0 Å². The number of anilines is 1. The summed E-state index contributed by atoms with van der Waals surface area (Å²) in [5.41, 5.74) is 6.47. The molecule has 16 heavy (non-hydrogen) atoms. The van der Waals surface area contributed by atoms with Gasteiger partial charge in [-0.15, -0.1) is 11.8 Å². The Hall–Kier alpha value is -0.380. The van der Waals surface area contributed by atoms with Crippen molar-refractivity contribution in [2.45, 2.75) is 18.7 Å². The highest BCUT2D eigenvalue weighted by atomic mass is 35.5. The van der Waals surface area contributed by atoms with E-state index in [9.17, 15) is 0 Å². The fourth-order valence-electron chi connectivity index (χ4n) is 1.50. The maximum atomic E-state index is 5.94. The first-order valence-corrected chi connectivity index (χ1v) is 6.93. The molecule has 0 bridgehead atoms. The van der Waals surface area contributed by atoms with Gasteiger partial charge in [0, 0.05) is 27.9 Å². The molecule has 0 saturated heterocycles. The van der Waals surface area contributed by atoms with E-state index in [1.807, 2.05) is 12.1 Å². The molecular formula is C12H19ClN2S. The van der Waals surface area contributed by atoms with Crippen molar-refractivity contribution in [3.8, 4) is 0 Å². The molecule has 90 valence electrons. The lowest BCUT2D eigenvalue weighted by Crippen LogP contribution is -2.25. The van der Waals surface area contributed by atoms with E-state index in [-0.39, 0.29) is 0 Å². The SMILES string of the molecule is CCN(CC)CCSc1cc(N)cc(Cl)c1. The zero-order chi connectivity index (χ0) is 12.0. The molecule has 0 unspecified atom stereocenters. The summed E-state index contributed by atoms with van der Waals surface area (Å²) in [6.07, 6.45) is 0. The summed E-state index contributed by atoms with van der Waals surface area (Å²) in [7, 11) is 0. The first-order valence-electron chi connectivity index (χ1n) is 5.57. The molecule has 1 rings (SSSR count). The molecule has 2 N–H and O–H groups in total. The Kier molecular flexibility index (Phi) is 6.03. The van der Waals surface area contributed by atoms with E-state index in [1.165, 1.54) is 0 Å². The number of nitrogens with two attached hydrogens (primary N) is 1. The van der Waals surface area contributed by atoms with Crippen LogP contribution in [0.2, 0.25) is 5.02 Å². The number of hydrogen-bond acceptors (Lipinski definition) is 3. The maximum absolute atomic E-state index is 5.94. The van der Waals surface area contributed by atoms with Crippen LogP contribution in [-0.2, 0) is 0 Å². The van der Waals surface area contributed by atoms with Gasteiger partial charge in [0.2, 0.25) is 0 Å². The molecule has 0 atom stereocenters. The average Bonchev–Trinajstić information content (AvgIpc) is 2.23. The van der Waals surface area contributed by atoms with Gasteiger partial charge in [0.25, 0.3) is 0 Å². The Balaban J connectivity index is 2.42. The second-order valence-corrected chi connectivity index (χ2v) is 5.20. The molecule has 0 amide bonds. The van der Waals surface area contributed by atoms with Gasteiger partial charge in [0.05, 0.1) is 0 Å². The van der Waals surface area contributed by atoms with E-state index < -0.39 is 0 Å². The van der Waals surface area contributed by atoms with Crippen LogP contribution < -0.4 is 5.73 Å². The predicted molar refractivity (Wildman–Crippen MR) is 74.4 cm³/mol. The topological polar surface area (TPSA) is 29.3 Å². The summed E-state index contributed by atoms with van der Waals surface area (Å²) in [5.74, 6) is 1.07. The van der Waals surface area contributed by atoms with Crippen LogP contribution in [0.15, 0.2) is 23.1 Å². The minimum Gasteiger partial charge on any atom is -0.399 e. The number of nitrogens with zero attached hydrogens (tertiary/aromatic N) is 1. The molecule has 0 fully saturated rings. The summed E-state index contributed by atoms with van der Waals surface area (Å²) in [5, 5.41) is 0.713. The highest BCUT2D eigenvalue weighted by molar-refractivity contribution is 7.99. The first-order chi connectivity index (χ1) is 7.65. The standard InChI is InChI=1S/C12H19ClN2S/c1-3-15(4-2)5-6-16-12-8-10(13)7-11(14)9-12/h7-9H,3-6,14H2,1-2H3. The summed E-state index contributed by atoms with van der Waals surface area (Å²) in [6, 6.07) is 5.71. The van der Waals surface area contributed by atoms with Crippen LogP contribution in [0.5, 0.6) is 0 Å². The molecule has 0 aliphatic carbocycles. The maximum Gasteiger partial charge on any atom is 0.0437 e. The first kappa shape index (κ1) is 13.7. The lowest BCUT2D eigenvalue weighted by Gasteiger charge is -2.17. The van der Waals surface area contributed by atoms with Crippen molar-refractivity contribution in [3.63, 3.8) is 0 Å². The summed E-state index contributed by atoms with van der Waals surface area (Å²) >= 11 is 7.74. The molecule has 0 aliphatic rings. The van der Waals surface area contributed by atoms with Crippen molar-refractivity contribution in [3.05, 3.63) is 23.2 Å². The van der Waals surface area contributed by atoms with Crippen LogP contribution in [0.1, 0.15) is 13.8 Å². The third-order valence-corrected chi connectivity index (χ3v) is 3.64. The number of hydrogen-bond donors (Lipinski definition) is 1. The van der Waals surface area contributed by atoms with Crippen molar-refractivity contribution < 1.29 is 0 Å². The van der Waals surface area contributed by atoms with E-state index in [1.54, 1.807) is 17.8 Å². The van der Waals surface area contributed by atoms with Crippen LogP contribution in [-0.4, -0.2) is 30.3 Å². The highest BCUT2D eigenvalue weighted by Crippen LogP contribution is 2.25. The number of rotatable bonds is 6. The van der Waals surface area contributed by atoms with Gasteiger partial charge in [-0.3, -0.25) is 0 Å². The molecule has 0 aromatic heterocycles. The Labute approximate surface area is 107 Å². The molecular weight excluding hydrogens is 240 g/mol. The smallest absolute Gasteiger partial charge is 0.0437 e. The average molecular weight is 259 g/mol. The van der Waals surface area contributed by atoms with Gasteiger partial charge in [-0.2, -0.15) is 0 Å². The number of nitrogen functional groups attached to an aromatic ring is 1. The summed E-state index contributed by atoms with van der Waals surface area (Å²) < 4.78 is 0. The molecule has 1 aromatic carbocycles. The zero-order valence-electron chi connectivity index (χ0n) is 9.87. The van der Waals surface area contributed by atoms with Gasteiger partial charge in [0.15, 0.2) is 0 Å². The van der Waals surface area contributed by atoms with Crippen molar-refractivity contribution in [1.82, 2.24) is 4.90 Å². The number of thioether (sulfide) groups is 1. The predicted octanol–water partition coefficient (Wildman–Crippen LogP) is 3.36. The van der Waals surface area contributed by atoms with Gasteiger partial charge < -0.3 is 10.6 Å². The Morgan fingerprint density at radius 3 is 2.50 bits per heavy atom. The molecule has 4 heteroatoms. The second-order valence-electron chi connectivity index (χ2n) is 3.60. The summed E-state index contributed by atoms with van der Waals surface area (Å²) in [4.78, 5) is 3.55. The zero-order valence-corrected chi connectivity index (χ0v) is 11.4. The van der Waals surface area contributed by atoms with Gasteiger partial charge in [0.1, 0.15) is 0 Å². The van der Waals surface area contributed by atoms with Crippen LogP contribution >= 0.6 is 23.4 Å². The third-order valence-electron chi connectivity index (χ3n) is 2.46. The van der Waals surface area contributed by atoms with Crippen LogP contribution in [0.3, 0.4) is 0 Å². The Morgan fingerprint density at radius 1 is 1.25 bits per heavy atom. The fourth-order valence-corrected chi connectivity index (χ4v) is 2.82. The van der Waals surface area contributed by atoms with E-state index >= 15 is 0 Å². The van der Waals surface area contributed by atoms with Crippen molar-refractivity contribution in [1.29, 1.82) is 0 Å². The van der Waals surface area contributed by atoms with Gasteiger partial charge in [-0.25, -0.2) is 0 Å². The minimum absolute atomic E-state index is 0.713. The molecule has 0 aliphatic heterocycles. The lowest BCUT2D eigenvalue weighted by molar-refractivity contribution is 0.324. The Morgan fingerprint density at radius 2 is 1.94 bits per heavy atom. The number of benzene rings is 1. The monoisotopic (exact) mass is 258 g/mol. The van der Waals surface area contributed by atoms with Gasteiger partial charge in [-0.05, 0) is 31.3 Å². The molecule has 0 spiro atoms. The van der Waals surface area contributed by atoms with Gasteiger partial charge >= 0.3 is 0 Å². The molecule has 0 saturated carbocycles. The largest absolute Gasteiger partial charge is 0.399 e. The quantitative estimate of drug-likeness (QED) is 0.627. The van der Waals surface area contributed by atoms with Crippen LogP contribution in [0.4, 0.5) is 5.69 Å². The molecule has 0 heterocycles. The minimum atomic E-state index is 0.713. The molecule has 1 aromatic rings. The second kappa shape index (κ2) is 7.05. The van der Waals surface area contributed by atoms with Crippen molar-refractivity contribution >= 4 is 29.1 Å². The Bertz CT molecular complexity index is 307. The van der Waals surface area contributed by atoms with E-state index in [0.29, 0.717) is 5.02 Å².